The summed E-state index contributed by atoms with van der Waals surface area (Å²) in [4.78, 5) is 18.9. The highest BCUT2D eigenvalue weighted by Crippen LogP contribution is 2.33. The van der Waals surface area contributed by atoms with E-state index in [-0.39, 0.29) is 6.03 Å². The maximum absolute atomic E-state index is 12.2. The topological polar surface area (TPSA) is 85.8 Å². The summed E-state index contributed by atoms with van der Waals surface area (Å²) in [7, 11) is 5.51. The highest BCUT2D eigenvalue weighted by atomic mass is 16.2. The number of nitrogens with one attached hydrogen (secondary N) is 1. The van der Waals surface area contributed by atoms with Crippen LogP contribution in [0.25, 0.3) is 33.4 Å². The molecule has 0 saturated carbocycles. The maximum Gasteiger partial charge on any atom is 0.317 e. The zero-order chi connectivity index (χ0) is 21.0. The van der Waals surface area contributed by atoms with Gasteiger partial charge in [-0.2, -0.15) is 10.2 Å². The third kappa shape index (κ3) is 2.77. The third-order valence-electron chi connectivity index (χ3n) is 5.80. The average molecular weight is 404 g/mol. The van der Waals surface area contributed by atoms with Gasteiger partial charge in [-0.25, -0.2) is 9.78 Å². The molecule has 0 spiro atoms. The zero-order valence-electron chi connectivity index (χ0n) is 17.5. The molecule has 9 heteroatoms. The molecular weight excluding hydrogens is 380 g/mol. The molecule has 1 aromatic carbocycles. The Bertz CT molecular complexity index is 1280. The number of fused-ring (bicyclic) bond motifs is 2. The second kappa shape index (κ2) is 6.72. The lowest BCUT2D eigenvalue weighted by atomic mass is 10.0. The van der Waals surface area contributed by atoms with Gasteiger partial charge < -0.3 is 14.8 Å². The molecule has 0 radical (unpaired) electrons. The summed E-state index contributed by atoms with van der Waals surface area (Å²) in [6.45, 7) is 3.98. The second-order valence-corrected chi connectivity index (χ2v) is 7.69. The van der Waals surface area contributed by atoms with Gasteiger partial charge >= 0.3 is 6.03 Å². The van der Waals surface area contributed by atoms with Crippen LogP contribution in [0.5, 0.6) is 0 Å². The minimum atomic E-state index is -0.0624. The van der Waals surface area contributed by atoms with Crippen molar-refractivity contribution in [2.24, 2.45) is 14.1 Å². The second-order valence-electron chi connectivity index (χ2n) is 7.69. The number of rotatable bonds is 2. The molecule has 30 heavy (non-hydrogen) atoms. The van der Waals surface area contributed by atoms with Crippen molar-refractivity contribution in [3.05, 3.63) is 42.1 Å². The molecule has 0 atom stereocenters. The molecule has 4 aromatic rings. The van der Waals surface area contributed by atoms with Gasteiger partial charge in [0, 0.05) is 56.9 Å². The Labute approximate surface area is 173 Å². The fourth-order valence-electron chi connectivity index (χ4n) is 4.28. The predicted molar refractivity (Wildman–Crippen MR) is 114 cm³/mol. The summed E-state index contributed by atoms with van der Waals surface area (Å²) < 4.78 is 5.88. The van der Waals surface area contributed by atoms with Crippen molar-refractivity contribution in [3.8, 4) is 22.5 Å². The lowest BCUT2D eigenvalue weighted by molar-refractivity contribution is 0.185. The first kappa shape index (κ1) is 18.4. The van der Waals surface area contributed by atoms with Crippen molar-refractivity contribution >= 4 is 16.9 Å². The Kier molecular flexibility index (Phi) is 4.12. The van der Waals surface area contributed by atoms with Gasteiger partial charge in [-0.15, -0.1) is 0 Å². The van der Waals surface area contributed by atoms with Gasteiger partial charge in [-0.1, -0.05) is 6.07 Å². The van der Waals surface area contributed by atoms with E-state index in [0.29, 0.717) is 13.1 Å². The van der Waals surface area contributed by atoms with E-state index in [1.165, 1.54) is 0 Å². The van der Waals surface area contributed by atoms with Crippen LogP contribution in [0, 0.1) is 6.92 Å². The summed E-state index contributed by atoms with van der Waals surface area (Å²) in [5.41, 5.74) is 5.94. The number of hydrogen-bond acceptors (Lipinski definition) is 4. The number of benzene rings is 1. The van der Waals surface area contributed by atoms with Gasteiger partial charge in [0.2, 0.25) is 0 Å². The molecule has 4 heterocycles. The van der Waals surface area contributed by atoms with Crippen LogP contribution in [0.3, 0.4) is 0 Å². The molecule has 3 aromatic heterocycles. The normalized spacial score (nSPS) is 13.7. The van der Waals surface area contributed by atoms with Crippen LogP contribution in [-0.4, -0.2) is 53.6 Å². The molecule has 1 aliphatic heterocycles. The number of nitrogens with zero attached hydrogens (tertiary/aromatic N) is 7. The highest BCUT2D eigenvalue weighted by molar-refractivity contribution is 5.95. The monoisotopic (exact) mass is 404 g/mol. The minimum absolute atomic E-state index is 0.0624. The van der Waals surface area contributed by atoms with Crippen molar-refractivity contribution in [2.75, 3.05) is 13.6 Å². The van der Waals surface area contributed by atoms with Crippen molar-refractivity contribution in [2.45, 2.75) is 20.0 Å². The number of carbonyl (C=O) groups is 1. The summed E-state index contributed by atoms with van der Waals surface area (Å²) in [6, 6.07) is 6.25. The molecule has 5 rings (SSSR count). The molecule has 154 valence electrons. The summed E-state index contributed by atoms with van der Waals surface area (Å²) in [6.07, 6.45) is 3.80. The van der Waals surface area contributed by atoms with Crippen LogP contribution >= 0.6 is 0 Å². The van der Waals surface area contributed by atoms with Gasteiger partial charge in [0.25, 0.3) is 0 Å². The largest absolute Gasteiger partial charge is 0.341 e. The van der Waals surface area contributed by atoms with Crippen LogP contribution < -0.4 is 5.32 Å². The van der Waals surface area contributed by atoms with Gasteiger partial charge in [0.1, 0.15) is 11.5 Å². The van der Waals surface area contributed by atoms with Crippen LogP contribution in [0.2, 0.25) is 0 Å². The van der Waals surface area contributed by atoms with Gasteiger partial charge in [0.15, 0.2) is 0 Å². The van der Waals surface area contributed by atoms with Crippen LogP contribution in [-0.2, 0) is 27.2 Å². The third-order valence-corrected chi connectivity index (χ3v) is 5.80. The molecule has 0 saturated heterocycles. The molecular formula is C21H24N8O. The molecule has 0 aliphatic carbocycles. The lowest BCUT2D eigenvalue weighted by Crippen LogP contribution is -2.43. The number of carbonyl (C=O) groups excluding carboxylic acids is 1. The summed E-state index contributed by atoms with van der Waals surface area (Å²) in [5, 5.41) is 12.8. The molecule has 0 unspecified atom stereocenters. The van der Waals surface area contributed by atoms with E-state index in [2.05, 4.69) is 33.2 Å². The first-order chi connectivity index (χ1) is 14.5. The molecule has 1 aliphatic rings. The Morgan fingerprint density at radius 1 is 1.13 bits per heavy atom. The number of urea groups is 1. The van der Waals surface area contributed by atoms with E-state index in [0.717, 1.165) is 51.5 Å². The van der Waals surface area contributed by atoms with Gasteiger partial charge in [0.05, 0.1) is 29.6 Å². The molecule has 0 bridgehead atoms. The first-order valence-electron chi connectivity index (χ1n) is 9.95. The van der Waals surface area contributed by atoms with E-state index in [4.69, 9.17) is 10.1 Å². The standard InChI is InChI=1S/C21H24N8O/c1-13-24-20(18-12-28(21(30)22-2)7-8-29(13)18)14-5-6-17-16(9-14)19(25-27(17)4)15-10-23-26(3)11-15/h5-6,9-11H,7-8,12H2,1-4H3,(H,22,30). The van der Waals surface area contributed by atoms with E-state index < -0.39 is 0 Å². The predicted octanol–water partition coefficient (Wildman–Crippen LogP) is 2.30. The summed E-state index contributed by atoms with van der Waals surface area (Å²) in [5.74, 6) is 0.968. The minimum Gasteiger partial charge on any atom is -0.341 e. The number of hydrogen-bond donors (Lipinski definition) is 1. The Morgan fingerprint density at radius 2 is 1.97 bits per heavy atom. The van der Waals surface area contributed by atoms with E-state index >= 15 is 0 Å². The van der Waals surface area contributed by atoms with E-state index in [9.17, 15) is 4.79 Å². The molecule has 1 N–H and O–H groups in total. The van der Waals surface area contributed by atoms with E-state index in [1.807, 2.05) is 43.0 Å². The fourth-order valence-corrected chi connectivity index (χ4v) is 4.28. The molecule has 2 amide bonds. The van der Waals surface area contributed by atoms with Gasteiger partial charge in [-0.05, 0) is 19.1 Å². The number of aromatic nitrogens is 6. The van der Waals surface area contributed by atoms with Crippen molar-refractivity contribution < 1.29 is 4.79 Å². The fraction of sp³-hybridized carbons (Fsp3) is 0.333. The highest BCUT2D eigenvalue weighted by Gasteiger charge is 2.26. The Hall–Kier alpha value is -3.62. The average Bonchev–Trinajstić information content (AvgIpc) is 3.42. The lowest BCUT2D eigenvalue weighted by Gasteiger charge is -2.29. The van der Waals surface area contributed by atoms with Crippen molar-refractivity contribution in [1.29, 1.82) is 0 Å². The quantitative estimate of drug-likeness (QED) is 0.556. The van der Waals surface area contributed by atoms with Crippen LogP contribution in [0.4, 0.5) is 4.79 Å². The van der Waals surface area contributed by atoms with E-state index in [1.54, 1.807) is 11.7 Å². The number of aryl methyl sites for hydroxylation is 3. The first-order valence-corrected chi connectivity index (χ1v) is 9.95. The van der Waals surface area contributed by atoms with Crippen LogP contribution in [0.1, 0.15) is 11.5 Å². The SMILES string of the molecule is CNC(=O)N1CCn2c(C)nc(-c3ccc4c(c3)c(-c3cnn(C)c3)nn4C)c2C1. The number of amides is 2. The maximum atomic E-state index is 12.2. The Balaban J connectivity index is 1.64. The summed E-state index contributed by atoms with van der Waals surface area (Å²) >= 11 is 0. The zero-order valence-corrected chi connectivity index (χ0v) is 17.5. The number of imidazole rings is 1. The van der Waals surface area contributed by atoms with Crippen LogP contribution in [0.15, 0.2) is 30.6 Å². The van der Waals surface area contributed by atoms with Crippen molar-refractivity contribution in [3.63, 3.8) is 0 Å². The molecule has 0 fully saturated rings. The van der Waals surface area contributed by atoms with Gasteiger partial charge in [-0.3, -0.25) is 9.36 Å². The Morgan fingerprint density at radius 3 is 2.70 bits per heavy atom. The smallest absolute Gasteiger partial charge is 0.317 e. The van der Waals surface area contributed by atoms with Crippen molar-refractivity contribution in [1.82, 2.24) is 39.3 Å². The molecule has 9 nitrogen and oxygen atoms in total.